The van der Waals surface area contributed by atoms with E-state index >= 15 is 0 Å². The van der Waals surface area contributed by atoms with Crippen LogP contribution in [0.15, 0.2) is 97.2 Å². The van der Waals surface area contributed by atoms with Crippen LogP contribution in [0.25, 0.3) is 0 Å². The first kappa shape index (κ1) is 76.3. The second-order valence-corrected chi connectivity index (χ2v) is 22.7. The summed E-state index contributed by atoms with van der Waals surface area (Å²) < 4.78 is 16.9. The van der Waals surface area contributed by atoms with E-state index in [1.54, 1.807) is 0 Å². The van der Waals surface area contributed by atoms with Crippen molar-refractivity contribution in [3.8, 4) is 0 Å². The molecule has 0 rings (SSSR count). The highest BCUT2D eigenvalue weighted by Gasteiger charge is 2.19. The molecule has 80 heavy (non-hydrogen) atoms. The van der Waals surface area contributed by atoms with E-state index in [0.29, 0.717) is 19.3 Å². The molecule has 0 aliphatic heterocycles. The van der Waals surface area contributed by atoms with E-state index < -0.39 is 6.10 Å². The second kappa shape index (κ2) is 67.8. The lowest BCUT2D eigenvalue weighted by atomic mass is 10.0. The van der Waals surface area contributed by atoms with Crippen molar-refractivity contribution in [1.29, 1.82) is 0 Å². The summed E-state index contributed by atoms with van der Waals surface area (Å²) >= 11 is 0. The van der Waals surface area contributed by atoms with Gasteiger partial charge in [-0.25, -0.2) is 0 Å². The van der Waals surface area contributed by atoms with Crippen LogP contribution in [0, 0.1) is 0 Å². The minimum Gasteiger partial charge on any atom is -0.462 e. The number of esters is 3. The van der Waals surface area contributed by atoms with Gasteiger partial charge in [0.05, 0.1) is 0 Å². The summed E-state index contributed by atoms with van der Waals surface area (Å²) in [4.78, 5) is 38.3. The molecule has 0 saturated heterocycles. The Hall–Kier alpha value is -3.67. The van der Waals surface area contributed by atoms with Gasteiger partial charge in [-0.1, -0.05) is 311 Å². The molecule has 1 unspecified atom stereocenters. The number of rotatable bonds is 62. The zero-order valence-electron chi connectivity index (χ0n) is 52.8. The van der Waals surface area contributed by atoms with Crippen molar-refractivity contribution in [3.63, 3.8) is 0 Å². The number of ether oxygens (including phenoxy) is 3. The van der Waals surface area contributed by atoms with Crippen LogP contribution in [0.2, 0.25) is 0 Å². The quantitative estimate of drug-likeness (QED) is 0.0261. The molecule has 6 heteroatoms. The molecule has 0 aromatic carbocycles. The maximum atomic E-state index is 12.9. The topological polar surface area (TPSA) is 78.9 Å². The number of hydrogen-bond donors (Lipinski definition) is 0. The molecule has 0 saturated carbocycles. The van der Waals surface area contributed by atoms with Crippen LogP contribution < -0.4 is 0 Å². The van der Waals surface area contributed by atoms with Crippen LogP contribution in [0.4, 0.5) is 0 Å². The molecule has 0 fully saturated rings. The number of allylic oxidation sites excluding steroid dienone is 16. The van der Waals surface area contributed by atoms with Gasteiger partial charge in [0, 0.05) is 19.3 Å². The predicted octanol–water partition coefficient (Wildman–Crippen LogP) is 23.6. The molecule has 0 N–H and O–H groups in total. The van der Waals surface area contributed by atoms with Crippen molar-refractivity contribution < 1.29 is 28.6 Å². The van der Waals surface area contributed by atoms with Crippen LogP contribution in [-0.4, -0.2) is 37.2 Å². The number of hydrogen-bond acceptors (Lipinski definition) is 6. The largest absolute Gasteiger partial charge is 0.462 e. The first-order valence-electron chi connectivity index (χ1n) is 34.2. The maximum absolute atomic E-state index is 12.9. The van der Waals surface area contributed by atoms with Gasteiger partial charge in [-0.2, -0.15) is 0 Å². The fraction of sp³-hybridized carbons (Fsp3) is 0.743. The molecule has 0 radical (unpaired) electrons. The molecular weight excluding hydrogens is 985 g/mol. The van der Waals surface area contributed by atoms with Crippen LogP contribution >= 0.6 is 0 Å². The maximum Gasteiger partial charge on any atom is 0.306 e. The summed E-state index contributed by atoms with van der Waals surface area (Å²) in [6.45, 7) is 6.52. The fourth-order valence-corrected chi connectivity index (χ4v) is 9.71. The average molecular weight is 1110 g/mol. The predicted molar refractivity (Wildman–Crippen MR) is 348 cm³/mol. The molecule has 460 valence electrons. The highest BCUT2D eigenvalue weighted by Crippen LogP contribution is 2.17. The van der Waals surface area contributed by atoms with Crippen LogP contribution in [0.1, 0.15) is 335 Å². The summed E-state index contributed by atoms with van der Waals surface area (Å²) in [6.07, 6.45) is 91.5. The Morgan fingerprint density at radius 1 is 0.263 bits per heavy atom. The highest BCUT2D eigenvalue weighted by atomic mass is 16.6. The van der Waals surface area contributed by atoms with Crippen molar-refractivity contribution in [2.45, 2.75) is 341 Å². The number of carbonyl (C=O) groups excluding carboxylic acids is 3. The summed E-state index contributed by atoms with van der Waals surface area (Å²) in [5.74, 6) is -0.880. The Kier molecular flexibility index (Phi) is 64.7. The Labute approximate surface area is 496 Å². The van der Waals surface area contributed by atoms with Crippen LogP contribution in [0.5, 0.6) is 0 Å². The third-order valence-electron chi connectivity index (χ3n) is 14.8. The molecule has 0 aliphatic rings. The summed E-state index contributed by atoms with van der Waals surface area (Å²) in [7, 11) is 0. The molecule has 0 aromatic heterocycles. The monoisotopic (exact) mass is 1110 g/mol. The number of carbonyl (C=O) groups is 3. The zero-order valence-corrected chi connectivity index (χ0v) is 52.8. The van der Waals surface area contributed by atoms with Crippen molar-refractivity contribution in [3.05, 3.63) is 97.2 Å². The average Bonchev–Trinajstić information content (AvgIpc) is 3.46. The normalized spacial score (nSPS) is 12.7. The van der Waals surface area contributed by atoms with Crippen LogP contribution in [0.3, 0.4) is 0 Å². The minimum absolute atomic E-state index is 0.0793. The van der Waals surface area contributed by atoms with Crippen LogP contribution in [-0.2, 0) is 28.6 Å². The SMILES string of the molecule is CC/C=C\C/C=C\C/C=C\C/C=C\C/C=C\CCCCCCCCCC(=O)OC(COC(=O)CCCCCCCCCCCC)COC(=O)CCCCCCCCCCCCCCCC/C=C\C/C=C\C/C=C\CCCCCCC. The molecule has 6 nitrogen and oxygen atoms in total. The minimum atomic E-state index is -0.783. The Morgan fingerprint density at radius 2 is 0.487 bits per heavy atom. The summed E-state index contributed by atoms with van der Waals surface area (Å²) in [5, 5.41) is 0. The lowest BCUT2D eigenvalue weighted by Gasteiger charge is -2.18. The summed E-state index contributed by atoms with van der Waals surface area (Å²) in [6, 6.07) is 0. The van der Waals surface area contributed by atoms with Gasteiger partial charge in [-0.15, -0.1) is 0 Å². The van der Waals surface area contributed by atoms with Gasteiger partial charge >= 0.3 is 17.9 Å². The lowest BCUT2D eigenvalue weighted by molar-refractivity contribution is -0.167. The highest BCUT2D eigenvalue weighted by molar-refractivity contribution is 5.71. The third kappa shape index (κ3) is 65.1. The van der Waals surface area contributed by atoms with E-state index in [9.17, 15) is 14.4 Å². The van der Waals surface area contributed by atoms with Gasteiger partial charge in [-0.3, -0.25) is 14.4 Å². The lowest BCUT2D eigenvalue weighted by Crippen LogP contribution is -2.30. The van der Waals surface area contributed by atoms with Crippen molar-refractivity contribution in [2.24, 2.45) is 0 Å². The van der Waals surface area contributed by atoms with E-state index in [4.69, 9.17) is 14.2 Å². The van der Waals surface area contributed by atoms with E-state index in [1.165, 1.54) is 186 Å². The fourth-order valence-electron chi connectivity index (χ4n) is 9.71. The van der Waals surface area contributed by atoms with Gasteiger partial charge < -0.3 is 14.2 Å². The van der Waals surface area contributed by atoms with Gasteiger partial charge in [0.1, 0.15) is 13.2 Å². The van der Waals surface area contributed by atoms with Gasteiger partial charge in [0.2, 0.25) is 0 Å². The van der Waals surface area contributed by atoms with Gasteiger partial charge in [-0.05, 0) is 103 Å². The Morgan fingerprint density at radius 3 is 0.762 bits per heavy atom. The molecule has 0 aliphatic carbocycles. The molecule has 0 heterocycles. The van der Waals surface area contributed by atoms with Gasteiger partial charge in [0.15, 0.2) is 6.10 Å². The first-order valence-corrected chi connectivity index (χ1v) is 34.2. The zero-order chi connectivity index (χ0) is 57.8. The number of unbranched alkanes of at least 4 members (excludes halogenated alkanes) is 35. The van der Waals surface area contributed by atoms with E-state index in [1.807, 2.05) is 0 Å². The van der Waals surface area contributed by atoms with E-state index in [0.717, 1.165) is 109 Å². The van der Waals surface area contributed by atoms with Crippen molar-refractivity contribution in [1.82, 2.24) is 0 Å². The van der Waals surface area contributed by atoms with E-state index in [2.05, 4.69) is 118 Å². The molecule has 0 amide bonds. The molecule has 0 bridgehead atoms. The van der Waals surface area contributed by atoms with Gasteiger partial charge in [0.25, 0.3) is 0 Å². The molecule has 1 atom stereocenters. The van der Waals surface area contributed by atoms with Crippen molar-refractivity contribution >= 4 is 17.9 Å². The first-order chi connectivity index (χ1) is 39.5. The Bertz CT molecular complexity index is 1560. The summed E-state index contributed by atoms with van der Waals surface area (Å²) in [5.41, 5.74) is 0. The standard InChI is InChI=1S/C74H128O6/c1-4-7-10-13-16-19-22-24-26-28-30-32-34-35-36-37-38-39-41-42-44-46-48-50-52-55-58-61-64-67-73(76)79-70-71(69-78-72(75)66-63-60-57-54-21-18-15-12-9-6-3)80-74(77)68-65-62-59-56-53-51-49-47-45-43-40-33-31-29-27-25-23-20-17-14-11-8-5-2/h8,11,17,20,22,24-25,27-28,30-31,33-35,43,45,71H,4-7,9-10,12-16,18-19,21,23,26,29,32,36-42,44,46-70H2,1-3H3/b11-8-,20-17-,24-22-,27-25-,30-28-,33-31-,35-34-,45-43-. The molecule has 0 aromatic rings. The molecule has 0 spiro atoms. The van der Waals surface area contributed by atoms with Crippen molar-refractivity contribution in [2.75, 3.05) is 13.2 Å². The third-order valence-corrected chi connectivity index (χ3v) is 14.8. The Balaban J connectivity index is 4.22. The van der Waals surface area contributed by atoms with E-state index in [-0.39, 0.29) is 31.1 Å². The molecular formula is C74H128O6. The smallest absolute Gasteiger partial charge is 0.306 e. The second-order valence-electron chi connectivity index (χ2n) is 22.7.